The van der Waals surface area contributed by atoms with Gasteiger partial charge in [-0.1, -0.05) is 13.8 Å². The lowest BCUT2D eigenvalue weighted by molar-refractivity contribution is -0.384. The minimum atomic E-state index is -0.492. The number of nitrogens with zero attached hydrogens (tertiary/aromatic N) is 2. The Hall–Kier alpha value is -2.11. The number of hydrogen-bond donors (Lipinski definition) is 0. The van der Waals surface area contributed by atoms with Crippen molar-refractivity contribution in [1.29, 1.82) is 0 Å². The van der Waals surface area contributed by atoms with E-state index in [2.05, 4.69) is 4.74 Å². The predicted octanol–water partition coefficient (Wildman–Crippen LogP) is 3.01. The van der Waals surface area contributed by atoms with Gasteiger partial charge in [0, 0.05) is 19.2 Å². The van der Waals surface area contributed by atoms with Gasteiger partial charge in [-0.2, -0.15) is 0 Å². The zero-order chi connectivity index (χ0) is 15.1. The van der Waals surface area contributed by atoms with Crippen molar-refractivity contribution in [2.75, 3.05) is 25.1 Å². The van der Waals surface area contributed by atoms with Gasteiger partial charge in [0.05, 0.1) is 17.6 Å². The molecule has 1 rings (SSSR count). The highest BCUT2D eigenvalue weighted by Crippen LogP contribution is 2.30. The molecular formula is C14H20N2O4. The maximum absolute atomic E-state index is 11.6. The molecule has 0 saturated heterocycles. The third-order valence-electron chi connectivity index (χ3n) is 2.92. The van der Waals surface area contributed by atoms with Crippen LogP contribution in [0.2, 0.25) is 0 Å². The molecule has 20 heavy (non-hydrogen) atoms. The van der Waals surface area contributed by atoms with Gasteiger partial charge in [0.1, 0.15) is 5.69 Å². The summed E-state index contributed by atoms with van der Waals surface area (Å²) in [6, 6.07) is 4.32. The molecule has 0 aromatic heterocycles. The second-order valence-corrected chi connectivity index (χ2v) is 4.44. The molecule has 0 aliphatic carbocycles. The zero-order valence-electron chi connectivity index (χ0n) is 12.1. The zero-order valence-corrected chi connectivity index (χ0v) is 12.1. The molecule has 0 heterocycles. The van der Waals surface area contributed by atoms with E-state index in [1.54, 1.807) is 0 Å². The third kappa shape index (κ3) is 3.69. The molecular weight excluding hydrogens is 260 g/mol. The standard InChI is InChI=1S/C14H20N2O4/c1-4-8-15(9-5-2)13-10-11(14(17)20-3)6-7-12(13)16(18)19/h6-7,10H,4-5,8-9H2,1-3H3. The molecule has 1 aromatic rings. The van der Waals surface area contributed by atoms with Crippen LogP contribution in [0.15, 0.2) is 18.2 Å². The van der Waals surface area contributed by atoms with Crippen LogP contribution in [0, 0.1) is 10.1 Å². The van der Waals surface area contributed by atoms with Gasteiger partial charge in [0.15, 0.2) is 0 Å². The van der Waals surface area contributed by atoms with Crippen LogP contribution in [0.4, 0.5) is 11.4 Å². The van der Waals surface area contributed by atoms with Gasteiger partial charge in [0.25, 0.3) is 5.69 Å². The van der Waals surface area contributed by atoms with E-state index in [4.69, 9.17) is 0 Å². The van der Waals surface area contributed by atoms with Gasteiger partial charge in [-0.15, -0.1) is 0 Å². The first-order valence-corrected chi connectivity index (χ1v) is 6.66. The Kier molecular flexibility index (Phi) is 5.96. The van der Waals surface area contributed by atoms with E-state index in [0.29, 0.717) is 24.3 Å². The minimum absolute atomic E-state index is 0.0135. The van der Waals surface area contributed by atoms with E-state index >= 15 is 0 Å². The van der Waals surface area contributed by atoms with Crippen LogP contribution in [0.1, 0.15) is 37.0 Å². The Morgan fingerprint density at radius 3 is 2.35 bits per heavy atom. The van der Waals surface area contributed by atoms with Crippen LogP contribution in [0.5, 0.6) is 0 Å². The summed E-state index contributed by atoms with van der Waals surface area (Å²) in [4.78, 5) is 24.2. The summed E-state index contributed by atoms with van der Waals surface area (Å²) >= 11 is 0. The molecule has 0 aliphatic rings. The molecule has 6 heteroatoms. The maximum Gasteiger partial charge on any atom is 0.337 e. The van der Waals surface area contributed by atoms with Crippen LogP contribution in [0.25, 0.3) is 0 Å². The van der Waals surface area contributed by atoms with E-state index in [1.165, 1.54) is 25.3 Å². The van der Waals surface area contributed by atoms with Gasteiger partial charge in [-0.05, 0) is 25.0 Å². The Balaban J connectivity index is 3.28. The Morgan fingerprint density at radius 2 is 1.90 bits per heavy atom. The van der Waals surface area contributed by atoms with Crippen molar-refractivity contribution in [1.82, 2.24) is 0 Å². The lowest BCUT2D eigenvalue weighted by atomic mass is 10.1. The molecule has 0 amide bonds. The largest absolute Gasteiger partial charge is 0.465 e. The van der Waals surface area contributed by atoms with Crippen molar-refractivity contribution in [3.05, 3.63) is 33.9 Å². The maximum atomic E-state index is 11.6. The summed E-state index contributed by atoms with van der Waals surface area (Å²) in [6.07, 6.45) is 1.75. The fourth-order valence-electron chi connectivity index (χ4n) is 2.07. The number of carbonyl (C=O) groups excluding carboxylic acids is 1. The van der Waals surface area contributed by atoms with E-state index in [0.717, 1.165) is 12.8 Å². The van der Waals surface area contributed by atoms with Gasteiger partial charge >= 0.3 is 5.97 Å². The topological polar surface area (TPSA) is 72.7 Å². The molecule has 0 bridgehead atoms. The highest BCUT2D eigenvalue weighted by Gasteiger charge is 2.21. The second kappa shape index (κ2) is 7.47. The molecule has 0 aliphatic heterocycles. The number of carbonyl (C=O) groups is 1. The number of methoxy groups -OCH3 is 1. The SMILES string of the molecule is CCCN(CCC)c1cc(C(=O)OC)ccc1[N+](=O)[O-]. The highest BCUT2D eigenvalue weighted by atomic mass is 16.6. The normalized spacial score (nSPS) is 10.2. The van der Waals surface area contributed by atoms with E-state index in [1.807, 2.05) is 18.7 Å². The fraction of sp³-hybridized carbons (Fsp3) is 0.500. The van der Waals surface area contributed by atoms with Crippen molar-refractivity contribution in [3.8, 4) is 0 Å². The Bertz CT molecular complexity index is 482. The van der Waals surface area contributed by atoms with Gasteiger partial charge < -0.3 is 9.64 Å². The monoisotopic (exact) mass is 280 g/mol. The van der Waals surface area contributed by atoms with Crippen molar-refractivity contribution in [2.24, 2.45) is 0 Å². The minimum Gasteiger partial charge on any atom is -0.465 e. The molecule has 0 N–H and O–H groups in total. The quantitative estimate of drug-likeness (QED) is 0.436. The average molecular weight is 280 g/mol. The van der Waals surface area contributed by atoms with Crippen molar-refractivity contribution >= 4 is 17.3 Å². The first kappa shape index (κ1) is 15.9. The van der Waals surface area contributed by atoms with Gasteiger partial charge in [0.2, 0.25) is 0 Å². The number of nitro groups is 1. The van der Waals surface area contributed by atoms with Crippen LogP contribution < -0.4 is 4.90 Å². The fourth-order valence-corrected chi connectivity index (χ4v) is 2.07. The molecule has 0 spiro atoms. The van der Waals surface area contributed by atoms with Gasteiger partial charge in [-0.25, -0.2) is 4.79 Å². The van der Waals surface area contributed by atoms with E-state index < -0.39 is 10.9 Å². The van der Waals surface area contributed by atoms with Crippen LogP contribution >= 0.6 is 0 Å². The molecule has 0 unspecified atom stereocenters. The number of ether oxygens (including phenoxy) is 1. The van der Waals surface area contributed by atoms with Crippen molar-refractivity contribution in [3.63, 3.8) is 0 Å². The van der Waals surface area contributed by atoms with Crippen LogP contribution in [0.3, 0.4) is 0 Å². The van der Waals surface area contributed by atoms with Crippen LogP contribution in [-0.2, 0) is 4.74 Å². The number of esters is 1. The summed E-state index contributed by atoms with van der Waals surface area (Å²) in [5.74, 6) is -0.492. The number of hydrogen-bond acceptors (Lipinski definition) is 5. The molecule has 0 atom stereocenters. The number of nitro benzene ring substituents is 1. The predicted molar refractivity (Wildman–Crippen MR) is 77.2 cm³/mol. The average Bonchev–Trinajstić information content (AvgIpc) is 2.45. The smallest absolute Gasteiger partial charge is 0.337 e. The molecule has 1 aromatic carbocycles. The molecule has 6 nitrogen and oxygen atoms in total. The van der Waals surface area contributed by atoms with E-state index in [9.17, 15) is 14.9 Å². The molecule has 0 fully saturated rings. The first-order valence-electron chi connectivity index (χ1n) is 6.66. The first-order chi connectivity index (χ1) is 9.54. The molecule has 0 radical (unpaired) electrons. The number of anilines is 1. The van der Waals surface area contributed by atoms with Gasteiger partial charge in [-0.3, -0.25) is 10.1 Å². The second-order valence-electron chi connectivity index (χ2n) is 4.44. The highest BCUT2D eigenvalue weighted by molar-refractivity contribution is 5.91. The number of benzene rings is 1. The number of rotatable bonds is 7. The van der Waals surface area contributed by atoms with Crippen molar-refractivity contribution in [2.45, 2.75) is 26.7 Å². The lowest BCUT2D eigenvalue weighted by Gasteiger charge is -2.23. The van der Waals surface area contributed by atoms with Crippen molar-refractivity contribution < 1.29 is 14.5 Å². The van der Waals surface area contributed by atoms with Crippen LogP contribution in [-0.4, -0.2) is 31.1 Å². The molecule has 110 valence electrons. The Morgan fingerprint density at radius 1 is 1.30 bits per heavy atom. The third-order valence-corrected chi connectivity index (χ3v) is 2.92. The summed E-state index contributed by atoms with van der Waals surface area (Å²) in [7, 11) is 1.29. The molecule has 0 saturated carbocycles. The lowest BCUT2D eigenvalue weighted by Crippen LogP contribution is -2.26. The summed E-state index contributed by atoms with van der Waals surface area (Å²) in [5, 5.41) is 11.1. The Labute approximate surface area is 118 Å². The van der Waals surface area contributed by atoms with E-state index in [-0.39, 0.29) is 5.69 Å². The summed E-state index contributed by atoms with van der Waals surface area (Å²) < 4.78 is 4.66. The summed E-state index contributed by atoms with van der Waals surface area (Å²) in [6.45, 7) is 5.44. The summed E-state index contributed by atoms with van der Waals surface area (Å²) in [5.41, 5.74) is 0.812.